The summed E-state index contributed by atoms with van der Waals surface area (Å²) in [7, 11) is 0. The molecule has 0 aromatic heterocycles. The lowest BCUT2D eigenvalue weighted by Gasteiger charge is -2.37. The van der Waals surface area contributed by atoms with Crippen molar-refractivity contribution >= 4 is 5.91 Å². The third-order valence-corrected chi connectivity index (χ3v) is 5.08. The van der Waals surface area contributed by atoms with Crippen molar-refractivity contribution < 1.29 is 18.3 Å². The van der Waals surface area contributed by atoms with Crippen LogP contribution in [0.4, 0.5) is 8.78 Å². The van der Waals surface area contributed by atoms with E-state index < -0.39 is 5.92 Å². The monoisotopic (exact) mass is 352 g/mol. The van der Waals surface area contributed by atoms with Gasteiger partial charge in [0.1, 0.15) is 12.4 Å². The largest absolute Gasteiger partial charge is 0.492 e. The Morgan fingerprint density at radius 3 is 2.60 bits per heavy atom. The third kappa shape index (κ3) is 5.14. The molecule has 1 aromatic rings. The maximum atomic E-state index is 13.3. The number of nitrogens with zero attached hydrogens (tertiary/aromatic N) is 2. The molecule has 4 nitrogen and oxygen atoms in total. The number of ether oxygens (including phenoxy) is 1. The molecule has 1 amide bonds. The Hall–Kier alpha value is -1.69. The summed E-state index contributed by atoms with van der Waals surface area (Å²) >= 11 is 0. The molecular formula is C19H26F2N2O2. The molecule has 2 fully saturated rings. The van der Waals surface area contributed by atoms with Crippen LogP contribution in [-0.4, -0.2) is 61.0 Å². The van der Waals surface area contributed by atoms with Gasteiger partial charge in [-0.25, -0.2) is 8.78 Å². The van der Waals surface area contributed by atoms with Crippen LogP contribution in [0.15, 0.2) is 30.3 Å². The summed E-state index contributed by atoms with van der Waals surface area (Å²) in [5, 5.41) is 0. The molecule has 25 heavy (non-hydrogen) atoms. The van der Waals surface area contributed by atoms with Gasteiger partial charge >= 0.3 is 0 Å². The lowest BCUT2D eigenvalue weighted by Crippen LogP contribution is -2.49. The predicted molar refractivity (Wildman–Crippen MR) is 91.9 cm³/mol. The van der Waals surface area contributed by atoms with Gasteiger partial charge in [0.25, 0.3) is 5.92 Å². The molecule has 2 saturated heterocycles. The highest BCUT2D eigenvalue weighted by molar-refractivity contribution is 5.79. The predicted octanol–water partition coefficient (Wildman–Crippen LogP) is 3.04. The lowest BCUT2D eigenvalue weighted by molar-refractivity contribution is -0.143. The van der Waals surface area contributed by atoms with E-state index in [1.807, 2.05) is 30.3 Å². The number of hydrogen-bond acceptors (Lipinski definition) is 3. The second kappa shape index (κ2) is 8.13. The van der Waals surface area contributed by atoms with Gasteiger partial charge in [0.05, 0.1) is 5.92 Å². The van der Waals surface area contributed by atoms with Gasteiger partial charge < -0.3 is 9.64 Å². The number of rotatable bonds is 5. The maximum absolute atomic E-state index is 13.3. The number of carbonyl (C=O) groups is 1. The Kier molecular flexibility index (Phi) is 5.89. The van der Waals surface area contributed by atoms with Gasteiger partial charge in [-0.3, -0.25) is 9.69 Å². The number of benzene rings is 1. The van der Waals surface area contributed by atoms with Gasteiger partial charge in [0.15, 0.2) is 0 Å². The standard InChI is InChI=1S/C19H26F2N2O2/c20-19(21)8-11-23(12-9-19)18(24)16-5-4-10-22(15-16)13-14-25-17-6-2-1-3-7-17/h1-3,6-7,16H,4-5,8-15H2. The van der Waals surface area contributed by atoms with Crippen molar-refractivity contribution in [1.29, 1.82) is 0 Å². The number of carbonyl (C=O) groups excluding carboxylic acids is 1. The summed E-state index contributed by atoms with van der Waals surface area (Å²) in [5.41, 5.74) is 0. The first-order valence-electron chi connectivity index (χ1n) is 9.10. The van der Waals surface area contributed by atoms with Crippen LogP contribution >= 0.6 is 0 Å². The molecular weight excluding hydrogens is 326 g/mol. The SMILES string of the molecule is O=C(C1CCCN(CCOc2ccccc2)C1)N1CCC(F)(F)CC1. The van der Waals surface area contributed by atoms with Crippen molar-refractivity contribution in [1.82, 2.24) is 9.80 Å². The molecule has 6 heteroatoms. The Labute approximate surface area is 147 Å². The van der Waals surface area contributed by atoms with Gasteiger partial charge in [-0.15, -0.1) is 0 Å². The first-order valence-corrected chi connectivity index (χ1v) is 9.10. The molecule has 2 aliphatic rings. The van der Waals surface area contributed by atoms with E-state index in [1.165, 1.54) is 0 Å². The molecule has 1 unspecified atom stereocenters. The molecule has 0 saturated carbocycles. The molecule has 0 aliphatic carbocycles. The quantitative estimate of drug-likeness (QED) is 0.817. The second-order valence-electron chi connectivity index (χ2n) is 6.98. The van der Waals surface area contributed by atoms with Crippen LogP contribution < -0.4 is 4.74 Å². The summed E-state index contributed by atoms with van der Waals surface area (Å²) < 4.78 is 32.3. The fraction of sp³-hybridized carbons (Fsp3) is 0.632. The minimum absolute atomic E-state index is 0.0455. The number of hydrogen-bond donors (Lipinski definition) is 0. The molecule has 1 aromatic carbocycles. The Balaban J connectivity index is 1.43. The van der Waals surface area contributed by atoms with E-state index >= 15 is 0 Å². The van der Waals surface area contributed by atoms with E-state index in [0.717, 1.165) is 31.7 Å². The zero-order valence-electron chi connectivity index (χ0n) is 14.5. The van der Waals surface area contributed by atoms with Gasteiger partial charge in [-0.1, -0.05) is 18.2 Å². The average Bonchev–Trinajstić information content (AvgIpc) is 2.62. The summed E-state index contributed by atoms with van der Waals surface area (Å²) in [5.74, 6) is -1.78. The van der Waals surface area contributed by atoms with Crippen LogP contribution in [0, 0.1) is 5.92 Å². The van der Waals surface area contributed by atoms with Crippen LogP contribution in [0.25, 0.3) is 0 Å². The van der Waals surface area contributed by atoms with Crippen molar-refractivity contribution in [2.45, 2.75) is 31.6 Å². The number of likely N-dealkylation sites (tertiary alicyclic amines) is 2. The summed E-state index contributed by atoms with van der Waals surface area (Å²) in [6.45, 7) is 3.38. The Morgan fingerprint density at radius 1 is 1.16 bits per heavy atom. The van der Waals surface area contributed by atoms with E-state index in [-0.39, 0.29) is 37.8 Å². The first-order chi connectivity index (χ1) is 12.0. The first kappa shape index (κ1) is 18.1. The highest BCUT2D eigenvalue weighted by Crippen LogP contribution is 2.29. The molecule has 2 aliphatic heterocycles. The van der Waals surface area contributed by atoms with Crippen molar-refractivity contribution in [3.8, 4) is 5.75 Å². The molecule has 3 rings (SSSR count). The highest BCUT2D eigenvalue weighted by atomic mass is 19.3. The third-order valence-electron chi connectivity index (χ3n) is 5.08. The molecule has 0 radical (unpaired) electrons. The van der Waals surface area contributed by atoms with E-state index in [9.17, 15) is 13.6 Å². The van der Waals surface area contributed by atoms with Crippen molar-refractivity contribution in [2.24, 2.45) is 5.92 Å². The minimum atomic E-state index is -2.61. The molecule has 1 atom stereocenters. The fourth-order valence-corrected chi connectivity index (χ4v) is 3.58. The van der Waals surface area contributed by atoms with Crippen LogP contribution in [0.2, 0.25) is 0 Å². The van der Waals surface area contributed by atoms with Crippen LogP contribution in [0.5, 0.6) is 5.75 Å². The van der Waals surface area contributed by atoms with Crippen molar-refractivity contribution in [3.63, 3.8) is 0 Å². The van der Waals surface area contributed by atoms with Gasteiger partial charge in [-0.05, 0) is 31.5 Å². The number of halogens is 2. The summed E-state index contributed by atoms with van der Waals surface area (Å²) in [6.07, 6.45) is 1.40. The lowest BCUT2D eigenvalue weighted by atomic mass is 9.95. The second-order valence-corrected chi connectivity index (χ2v) is 6.98. The number of alkyl halides is 2. The number of piperidine rings is 2. The molecule has 138 valence electrons. The molecule has 0 spiro atoms. The number of para-hydroxylation sites is 1. The van der Waals surface area contributed by atoms with E-state index in [4.69, 9.17) is 4.74 Å². The normalized spacial score (nSPS) is 24.1. The van der Waals surface area contributed by atoms with E-state index in [2.05, 4.69) is 4.90 Å². The van der Waals surface area contributed by atoms with Gasteiger partial charge in [0.2, 0.25) is 5.91 Å². The smallest absolute Gasteiger partial charge is 0.251 e. The number of amides is 1. The fourth-order valence-electron chi connectivity index (χ4n) is 3.58. The maximum Gasteiger partial charge on any atom is 0.251 e. The van der Waals surface area contributed by atoms with Gasteiger partial charge in [-0.2, -0.15) is 0 Å². The highest BCUT2D eigenvalue weighted by Gasteiger charge is 2.38. The minimum Gasteiger partial charge on any atom is -0.492 e. The topological polar surface area (TPSA) is 32.8 Å². The molecule has 0 N–H and O–H groups in total. The zero-order valence-corrected chi connectivity index (χ0v) is 14.5. The van der Waals surface area contributed by atoms with E-state index in [1.54, 1.807) is 4.90 Å². The summed E-state index contributed by atoms with van der Waals surface area (Å²) in [4.78, 5) is 16.5. The van der Waals surface area contributed by atoms with Crippen LogP contribution in [-0.2, 0) is 4.79 Å². The van der Waals surface area contributed by atoms with Crippen molar-refractivity contribution in [2.75, 3.05) is 39.3 Å². The van der Waals surface area contributed by atoms with Gasteiger partial charge in [0, 0.05) is 39.0 Å². The summed E-state index contributed by atoms with van der Waals surface area (Å²) in [6, 6.07) is 9.67. The Bertz CT molecular complexity index is 558. The van der Waals surface area contributed by atoms with E-state index in [0.29, 0.717) is 13.2 Å². The zero-order chi connectivity index (χ0) is 17.7. The van der Waals surface area contributed by atoms with Crippen LogP contribution in [0.1, 0.15) is 25.7 Å². The average molecular weight is 352 g/mol. The van der Waals surface area contributed by atoms with Crippen LogP contribution in [0.3, 0.4) is 0 Å². The molecule has 2 heterocycles. The van der Waals surface area contributed by atoms with Crippen molar-refractivity contribution in [3.05, 3.63) is 30.3 Å². The Morgan fingerprint density at radius 2 is 1.88 bits per heavy atom. The molecule has 0 bridgehead atoms.